The van der Waals surface area contributed by atoms with Crippen LogP contribution >= 0.6 is 23.2 Å². The molecule has 0 saturated carbocycles. The van der Waals surface area contributed by atoms with Gasteiger partial charge in [-0.3, -0.25) is 4.79 Å². The molecule has 4 nitrogen and oxygen atoms in total. The summed E-state index contributed by atoms with van der Waals surface area (Å²) in [4.78, 5) is 11.9. The Morgan fingerprint density at radius 3 is 2.35 bits per heavy atom. The van der Waals surface area contributed by atoms with Crippen molar-refractivity contribution in [1.29, 1.82) is 0 Å². The van der Waals surface area contributed by atoms with Crippen LogP contribution < -0.4 is 15.4 Å². The first kappa shape index (κ1) is 17.2. The molecule has 0 saturated heterocycles. The second kappa shape index (κ2) is 8.46. The fraction of sp³-hybridized carbons (Fsp3) is 0.118. The van der Waals surface area contributed by atoms with Gasteiger partial charge in [0.2, 0.25) is 5.91 Å². The molecular weight excluding hydrogens is 335 g/mol. The van der Waals surface area contributed by atoms with E-state index in [1.54, 1.807) is 24.3 Å². The third-order valence-corrected chi connectivity index (χ3v) is 3.26. The monoisotopic (exact) mass is 350 g/mol. The Hall–Kier alpha value is -2.17. The maximum absolute atomic E-state index is 11.9. The number of carbonyl (C=O) groups excluding carboxylic acids is 1. The van der Waals surface area contributed by atoms with E-state index in [0.717, 1.165) is 11.4 Å². The molecule has 0 aliphatic heterocycles. The fourth-order valence-corrected chi connectivity index (χ4v) is 2.36. The van der Waals surface area contributed by atoms with Crippen molar-refractivity contribution in [2.75, 3.05) is 23.8 Å². The van der Waals surface area contributed by atoms with Crippen LogP contribution in [0.15, 0.2) is 55.1 Å². The van der Waals surface area contributed by atoms with Crippen LogP contribution in [-0.4, -0.2) is 19.1 Å². The van der Waals surface area contributed by atoms with Crippen molar-refractivity contribution >= 4 is 40.5 Å². The van der Waals surface area contributed by atoms with Crippen molar-refractivity contribution < 1.29 is 9.53 Å². The number of halogens is 2. The van der Waals surface area contributed by atoms with Crippen molar-refractivity contribution in [3.05, 3.63) is 65.2 Å². The molecule has 0 bridgehead atoms. The van der Waals surface area contributed by atoms with Gasteiger partial charge in [0.05, 0.1) is 6.54 Å². The highest BCUT2D eigenvalue weighted by molar-refractivity contribution is 6.35. The van der Waals surface area contributed by atoms with Gasteiger partial charge in [-0.05, 0) is 42.5 Å². The maximum atomic E-state index is 11.9. The highest BCUT2D eigenvalue weighted by atomic mass is 35.5. The van der Waals surface area contributed by atoms with E-state index in [9.17, 15) is 4.79 Å². The lowest BCUT2D eigenvalue weighted by molar-refractivity contribution is -0.114. The lowest BCUT2D eigenvalue weighted by Gasteiger charge is -2.09. The minimum Gasteiger partial charge on any atom is -0.490 e. The highest BCUT2D eigenvalue weighted by Crippen LogP contribution is 2.22. The molecule has 2 aromatic carbocycles. The molecular formula is C17H16Cl2N2O2. The lowest BCUT2D eigenvalue weighted by Crippen LogP contribution is -2.21. The zero-order valence-electron chi connectivity index (χ0n) is 12.3. The Morgan fingerprint density at radius 1 is 1.09 bits per heavy atom. The first-order valence-corrected chi connectivity index (χ1v) is 7.66. The molecule has 0 aliphatic carbocycles. The molecule has 6 heteroatoms. The van der Waals surface area contributed by atoms with Gasteiger partial charge >= 0.3 is 0 Å². The van der Waals surface area contributed by atoms with Crippen LogP contribution in [0, 0.1) is 0 Å². The Bertz CT molecular complexity index is 667. The second-order valence-electron chi connectivity index (χ2n) is 4.68. The zero-order chi connectivity index (χ0) is 16.7. The third kappa shape index (κ3) is 5.85. The molecule has 0 radical (unpaired) electrons. The Labute approximate surface area is 145 Å². The van der Waals surface area contributed by atoms with Crippen LogP contribution in [0.2, 0.25) is 10.0 Å². The molecule has 2 aromatic rings. The summed E-state index contributed by atoms with van der Waals surface area (Å²) in [6.45, 7) is 4.17. The van der Waals surface area contributed by atoms with Crippen LogP contribution in [0.1, 0.15) is 0 Å². The van der Waals surface area contributed by atoms with Gasteiger partial charge in [0.15, 0.2) is 0 Å². The predicted molar refractivity (Wildman–Crippen MR) is 95.7 cm³/mol. The van der Waals surface area contributed by atoms with E-state index in [-0.39, 0.29) is 12.5 Å². The van der Waals surface area contributed by atoms with Crippen molar-refractivity contribution in [2.45, 2.75) is 0 Å². The van der Waals surface area contributed by atoms with E-state index in [0.29, 0.717) is 22.3 Å². The number of anilines is 2. The van der Waals surface area contributed by atoms with E-state index in [4.69, 9.17) is 27.9 Å². The molecule has 120 valence electrons. The zero-order valence-corrected chi connectivity index (χ0v) is 13.8. The fourth-order valence-electron chi connectivity index (χ4n) is 1.84. The van der Waals surface area contributed by atoms with Gasteiger partial charge in [-0.15, -0.1) is 0 Å². The molecule has 2 rings (SSSR count). The summed E-state index contributed by atoms with van der Waals surface area (Å²) in [7, 11) is 0. The van der Waals surface area contributed by atoms with E-state index in [1.807, 2.05) is 24.3 Å². The maximum Gasteiger partial charge on any atom is 0.243 e. The summed E-state index contributed by atoms with van der Waals surface area (Å²) >= 11 is 11.8. The molecule has 0 fully saturated rings. The Morgan fingerprint density at radius 2 is 1.74 bits per heavy atom. The van der Waals surface area contributed by atoms with E-state index >= 15 is 0 Å². The number of nitrogens with one attached hydrogen (secondary N) is 2. The Kier molecular flexibility index (Phi) is 6.32. The van der Waals surface area contributed by atoms with Crippen molar-refractivity contribution in [3.8, 4) is 5.75 Å². The van der Waals surface area contributed by atoms with Crippen LogP contribution in [0.5, 0.6) is 5.75 Å². The minimum absolute atomic E-state index is 0.122. The second-order valence-corrected chi connectivity index (χ2v) is 5.56. The smallest absolute Gasteiger partial charge is 0.243 e. The van der Waals surface area contributed by atoms with Crippen LogP contribution in [-0.2, 0) is 4.79 Å². The number of amides is 1. The lowest BCUT2D eigenvalue weighted by atomic mass is 10.3. The number of ether oxygens (including phenoxy) is 1. The van der Waals surface area contributed by atoms with Gasteiger partial charge in [0, 0.05) is 21.4 Å². The van der Waals surface area contributed by atoms with Gasteiger partial charge < -0.3 is 15.4 Å². The van der Waals surface area contributed by atoms with Gasteiger partial charge in [-0.1, -0.05) is 35.9 Å². The molecule has 0 aliphatic rings. The van der Waals surface area contributed by atoms with E-state index in [2.05, 4.69) is 17.2 Å². The molecule has 0 atom stereocenters. The van der Waals surface area contributed by atoms with E-state index in [1.165, 1.54) is 0 Å². The largest absolute Gasteiger partial charge is 0.490 e. The summed E-state index contributed by atoms with van der Waals surface area (Å²) in [5.41, 5.74) is 1.37. The first-order valence-electron chi connectivity index (χ1n) is 6.90. The summed E-state index contributed by atoms with van der Waals surface area (Å²) in [5, 5.41) is 6.69. The number of hydrogen-bond acceptors (Lipinski definition) is 3. The number of rotatable bonds is 7. The minimum atomic E-state index is -0.199. The normalized spacial score (nSPS) is 10.0. The van der Waals surface area contributed by atoms with Crippen molar-refractivity contribution in [2.24, 2.45) is 0 Å². The van der Waals surface area contributed by atoms with Gasteiger partial charge in [-0.2, -0.15) is 0 Å². The standard InChI is InChI=1S/C17H16Cl2N2O2/c1-2-7-23-16-5-3-14(4-6-16)20-11-17(22)21-15-9-12(18)8-13(19)10-15/h2-6,8-10,20H,1,7,11H2,(H,21,22). The van der Waals surface area contributed by atoms with Crippen molar-refractivity contribution in [1.82, 2.24) is 0 Å². The van der Waals surface area contributed by atoms with Gasteiger partial charge in [0.1, 0.15) is 12.4 Å². The van der Waals surface area contributed by atoms with Crippen LogP contribution in [0.4, 0.5) is 11.4 Å². The average Bonchev–Trinajstić information content (AvgIpc) is 2.51. The predicted octanol–water partition coefficient (Wildman–Crippen LogP) is 4.61. The highest BCUT2D eigenvalue weighted by Gasteiger charge is 2.04. The molecule has 0 unspecified atom stereocenters. The summed E-state index contributed by atoms with van der Waals surface area (Å²) in [6.07, 6.45) is 1.68. The molecule has 0 aromatic heterocycles. The summed E-state index contributed by atoms with van der Waals surface area (Å²) in [5.74, 6) is 0.545. The van der Waals surface area contributed by atoms with Gasteiger partial charge in [-0.25, -0.2) is 0 Å². The summed E-state index contributed by atoms with van der Waals surface area (Å²) in [6, 6.07) is 12.2. The third-order valence-electron chi connectivity index (χ3n) is 2.82. The first-order chi connectivity index (χ1) is 11.1. The van der Waals surface area contributed by atoms with Crippen LogP contribution in [0.25, 0.3) is 0 Å². The summed E-state index contributed by atoms with van der Waals surface area (Å²) < 4.78 is 5.39. The Balaban J connectivity index is 1.85. The molecule has 0 spiro atoms. The SMILES string of the molecule is C=CCOc1ccc(NCC(=O)Nc2cc(Cl)cc(Cl)c2)cc1. The molecule has 2 N–H and O–H groups in total. The van der Waals surface area contributed by atoms with E-state index < -0.39 is 0 Å². The number of carbonyl (C=O) groups is 1. The average molecular weight is 351 g/mol. The number of hydrogen-bond donors (Lipinski definition) is 2. The van der Waals surface area contributed by atoms with Crippen LogP contribution in [0.3, 0.4) is 0 Å². The molecule has 1 amide bonds. The van der Waals surface area contributed by atoms with Crippen molar-refractivity contribution in [3.63, 3.8) is 0 Å². The molecule has 0 heterocycles. The number of benzene rings is 2. The topological polar surface area (TPSA) is 50.4 Å². The molecule has 23 heavy (non-hydrogen) atoms. The van der Waals surface area contributed by atoms with Gasteiger partial charge in [0.25, 0.3) is 0 Å². The quantitative estimate of drug-likeness (QED) is 0.717.